The van der Waals surface area contributed by atoms with Crippen molar-refractivity contribution in [3.63, 3.8) is 0 Å². The van der Waals surface area contributed by atoms with E-state index < -0.39 is 16.3 Å². The summed E-state index contributed by atoms with van der Waals surface area (Å²) in [6, 6.07) is 9.00. The predicted molar refractivity (Wildman–Crippen MR) is 84.0 cm³/mol. The normalized spacial score (nSPS) is 13.4. The van der Waals surface area contributed by atoms with Gasteiger partial charge >= 0.3 is 0 Å². The van der Waals surface area contributed by atoms with E-state index in [1.54, 1.807) is 6.92 Å². The molecule has 1 aromatic carbocycles. The van der Waals surface area contributed by atoms with E-state index in [2.05, 4.69) is 19.7 Å². The quantitative estimate of drug-likeness (QED) is 0.676. The maximum Gasteiger partial charge on any atom is 0.274 e. The van der Waals surface area contributed by atoms with Crippen molar-refractivity contribution >= 4 is 21.2 Å². The molecular weight excluding hydrogens is 302 g/mol. The van der Waals surface area contributed by atoms with Crippen molar-refractivity contribution in [2.45, 2.75) is 13.0 Å². The lowest BCUT2D eigenvalue weighted by atomic mass is 10.0. The minimum Gasteiger partial charge on any atom is -0.346 e. The van der Waals surface area contributed by atoms with Crippen LogP contribution in [0.2, 0.25) is 0 Å². The van der Waals surface area contributed by atoms with Crippen LogP contribution >= 0.6 is 0 Å². The van der Waals surface area contributed by atoms with Crippen molar-refractivity contribution in [2.24, 2.45) is 5.14 Å². The summed E-state index contributed by atoms with van der Waals surface area (Å²) in [6.45, 7) is 1.73. The lowest BCUT2D eigenvalue weighted by molar-refractivity contribution is 0.568. The molecule has 0 fully saturated rings. The highest BCUT2D eigenvalue weighted by atomic mass is 32.2. The zero-order valence-corrected chi connectivity index (χ0v) is 12.6. The third kappa shape index (κ3) is 2.98. The number of aromatic nitrogens is 3. The molecule has 22 heavy (non-hydrogen) atoms. The second-order valence-corrected chi connectivity index (χ2v) is 6.29. The molecular formula is C14H15N5O2S. The zero-order chi connectivity index (χ0) is 15.7. The van der Waals surface area contributed by atoms with Crippen molar-refractivity contribution in [3.8, 4) is 11.3 Å². The Balaban J connectivity index is 1.93. The number of hydrogen-bond donors (Lipinski definition) is 3. The van der Waals surface area contributed by atoms with E-state index in [1.807, 2.05) is 36.5 Å². The van der Waals surface area contributed by atoms with Crippen LogP contribution in [-0.2, 0) is 10.2 Å². The summed E-state index contributed by atoms with van der Waals surface area (Å²) in [5, 5.41) is 5.92. The number of benzene rings is 1. The molecule has 4 N–H and O–H groups in total. The van der Waals surface area contributed by atoms with Gasteiger partial charge in [0.25, 0.3) is 10.2 Å². The van der Waals surface area contributed by atoms with Crippen LogP contribution in [-0.4, -0.2) is 23.4 Å². The largest absolute Gasteiger partial charge is 0.346 e. The molecule has 0 radical (unpaired) electrons. The number of hydrogen-bond acceptors (Lipinski definition) is 4. The van der Waals surface area contributed by atoms with Gasteiger partial charge in [0.15, 0.2) is 0 Å². The third-order valence-electron chi connectivity index (χ3n) is 3.38. The minimum atomic E-state index is -3.73. The first kappa shape index (κ1) is 14.6. The minimum absolute atomic E-state index is 0.401. The summed E-state index contributed by atoms with van der Waals surface area (Å²) in [6.07, 6.45) is 3.32. The SMILES string of the molecule is CC(NS(N)(=O)=O)c1ccc(-c2ncnc3[nH]ccc23)cc1. The molecule has 0 aliphatic rings. The molecule has 0 amide bonds. The fourth-order valence-electron chi connectivity index (χ4n) is 2.35. The van der Waals surface area contributed by atoms with Gasteiger partial charge in [-0.25, -0.2) is 15.1 Å². The first-order chi connectivity index (χ1) is 10.4. The summed E-state index contributed by atoms with van der Waals surface area (Å²) >= 11 is 0. The van der Waals surface area contributed by atoms with Crippen LogP contribution in [0.4, 0.5) is 0 Å². The van der Waals surface area contributed by atoms with Gasteiger partial charge in [0, 0.05) is 23.2 Å². The molecule has 0 saturated heterocycles. The highest BCUT2D eigenvalue weighted by Gasteiger charge is 2.12. The molecule has 8 heteroatoms. The maximum atomic E-state index is 11.1. The molecule has 0 spiro atoms. The highest BCUT2D eigenvalue weighted by molar-refractivity contribution is 7.87. The molecule has 1 unspecified atom stereocenters. The van der Waals surface area contributed by atoms with Gasteiger partial charge in [0.1, 0.15) is 12.0 Å². The van der Waals surface area contributed by atoms with Crippen molar-refractivity contribution in [1.82, 2.24) is 19.7 Å². The predicted octanol–water partition coefficient (Wildman–Crippen LogP) is 1.48. The van der Waals surface area contributed by atoms with Crippen molar-refractivity contribution < 1.29 is 8.42 Å². The standard InChI is InChI=1S/C14H15N5O2S/c1-9(19-22(15,20)21)10-2-4-11(5-3-10)13-12-6-7-16-14(12)18-8-17-13/h2-9,19H,1H3,(H2,15,20,21)(H,16,17,18). The number of H-pyrrole nitrogens is 1. The third-order valence-corrected chi connectivity index (χ3v) is 4.06. The number of aromatic amines is 1. The Kier molecular flexibility index (Phi) is 3.65. The molecule has 0 saturated carbocycles. The summed E-state index contributed by atoms with van der Waals surface area (Å²) in [7, 11) is -3.73. The molecule has 0 bridgehead atoms. The Morgan fingerprint density at radius 2 is 1.91 bits per heavy atom. The van der Waals surface area contributed by atoms with Gasteiger partial charge in [-0.2, -0.15) is 13.1 Å². The van der Waals surface area contributed by atoms with E-state index in [-0.39, 0.29) is 0 Å². The van der Waals surface area contributed by atoms with Crippen LogP contribution in [0.5, 0.6) is 0 Å². The second-order valence-electron chi connectivity index (χ2n) is 4.97. The molecule has 3 rings (SSSR count). The second kappa shape index (κ2) is 5.48. The van der Waals surface area contributed by atoms with Crippen LogP contribution < -0.4 is 9.86 Å². The lowest BCUT2D eigenvalue weighted by Gasteiger charge is -2.12. The molecule has 1 atom stereocenters. The van der Waals surface area contributed by atoms with Crippen LogP contribution in [0.3, 0.4) is 0 Å². The van der Waals surface area contributed by atoms with Crippen molar-refractivity contribution in [3.05, 3.63) is 48.4 Å². The summed E-state index contributed by atoms with van der Waals surface area (Å²) < 4.78 is 24.5. The Hall–Kier alpha value is -2.29. The average Bonchev–Trinajstić information content (AvgIpc) is 2.94. The summed E-state index contributed by atoms with van der Waals surface area (Å²) in [4.78, 5) is 11.5. The van der Waals surface area contributed by atoms with Gasteiger partial charge in [-0.05, 0) is 18.6 Å². The Bertz CT molecular complexity index is 902. The molecule has 2 aromatic heterocycles. The molecule has 0 aliphatic heterocycles. The van der Waals surface area contributed by atoms with Gasteiger partial charge < -0.3 is 4.98 Å². The average molecular weight is 317 g/mol. The first-order valence-corrected chi connectivity index (χ1v) is 8.17. The number of nitrogens with zero attached hydrogens (tertiary/aromatic N) is 2. The topological polar surface area (TPSA) is 114 Å². The Labute approximate surface area is 127 Å². The number of nitrogens with one attached hydrogen (secondary N) is 2. The van der Waals surface area contributed by atoms with E-state index in [1.165, 1.54) is 6.33 Å². The Morgan fingerprint density at radius 1 is 1.18 bits per heavy atom. The van der Waals surface area contributed by atoms with Gasteiger partial charge in [0.2, 0.25) is 0 Å². The van der Waals surface area contributed by atoms with Gasteiger partial charge in [-0.1, -0.05) is 24.3 Å². The Morgan fingerprint density at radius 3 is 2.59 bits per heavy atom. The molecule has 7 nitrogen and oxygen atoms in total. The van der Waals surface area contributed by atoms with E-state index in [4.69, 9.17) is 5.14 Å². The number of fused-ring (bicyclic) bond motifs is 1. The van der Waals surface area contributed by atoms with E-state index in [0.29, 0.717) is 0 Å². The molecule has 0 aliphatic carbocycles. The van der Waals surface area contributed by atoms with Gasteiger partial charge in [0.05, 0.1) is 5.69 Å². The summed E-state index contributed by atoms with van der Waals surface area (Å²) in [5.74, 6) is 0. The lowest BCUT2D eigenvalue weighted by Crippen LogP contribution is -2.32. The monoisotopic (exact) mass is 317 g/mol. The highest BCUT2D eigenvalue weighted by Crippen LogP contribution is 2.26. The number of rotatable bonds is 4. The van der Waals surface area contributed by atoms with Gasteiger partial charge in [-0.3, -0.25) is 0 Å². The summed E-state index contributed by atoms with van der Waals surface area (Å²) in [5.41, 5.74) is 3.35. The van der Waals surface area contributed by atoms with Crippen LogP contribution in [0.15, 0.2) is 42.9 Å². The fraction of sp³-hybridized carbons (Fsp3) is 0.143. The zero-order valence-electron chi connectivity index (χ0n) is 11.8. The van der Waals surface area contributed by atoms with Gasteiger partial charge in [-0.15, -0.1) is 0 Å². The number of nitrogens with two attached hydrogens (primary N) is 1. The van der Waals surface area contributed by atoms with E-state index in [0.717, 1.165) is 27.9 Å². The molecule has 3 aromatic rings. The van der Waals surface area contributed by atoms with Crippen LogP contribution in [0.25, 0.3) is 22.3 Å². The maximum absolute atomic E-state index is 11.1. The fourth-order valence-corrected chi connectivity index (χ4v) is 2.98. The first-order valence-electron chi connectivity index (χ1n) is 6.62. The van der Waals surface area contributed by atoms with Crippen LogP contribution in [0, 0.1) is 0 Å². The van der Waals surface area contributed by atoms with E-state index in [9.17, 15) is 8.42 Å². The van der Waals surface area contributed by atoms with Crippen molar-refractivity contribution in [1.29, 1.82) is 0 Å². The van der Waals surface area contributed by atoms with Crippen molar-refractivity contribution in [2.75, 3.05) is 0 Å². The molecule has 2 heterocycles. The molecule has 114 valence electrons. The van der Waals surface area contributed by atoms with E-state index >= 15 is 0 Å². The smallest absolute Gasteiger partial charge is 0.274 e. The van der Waals surface area contributed by atoms with Crippen LogP contribution in [0.1, 0.15) is 18.5 Å².